The van der Waals surface area contributed by atoms with Crippen LogP contribution in [-0.2, 0) is 9.53 Å². The van der Waals surface area contributed by atoms with E-state index >= 15 is 0 Å². The van der Waals surface area contributed by atoms with Crippen LogP contribution < -0.4 is 5.73 Å². The number of esters is 1. The normalized spacial score (nSPS) is 12.4. The summed E-state index contributed by atoms with van der Waals surface area (Å²) in [5, 5.41) is 0. The summed E-state index contributed by atoms with van der Waals surface area (Å²) in [6.07, 6.45) is 2.14. The Bertz CT molecular complexity index is 392. The Morgan fingerprint density at radius 1 is 1.67 bits per heavy atom. The van der Waals surface area contributed by atoms with Crippen molar-refractivity contribution in [2.75, 3.05) is 20.2 Å². The Balaban J connectivity index is 2.59. The molecule has 1 aromatic rings. The number of H-pyrrole nitrogens is 1. The third kappa shape index (κ3) is 4.12. The van der Waals surface area contributed by atoms with E-state index in [0.29, 0.717) is 24.6 Å². The number of hydrogen-bond donors (Lipinski definition) is 2. The van der Waals surface area contributed by atoms with Gasteiger partial charge in [0.05, 0.1) is 18.0 Å². The molecular formula is C12H19N3O2S. The summed E-state index contributed by atoms with van der Waals surface area (Å²) in [5.41, 5.74) is 6.67. The molecule has 5 nitrogen and oxygen atoms in total. The molecule has 0 fully saturated rings. The number of nitrogens with two attached hydrogens (primary N) is 1. The summed E-state index contributed by atoms with van der Waals surface area (Å²) >= 11 is 5.07. The van der Waals surface area contributed by atoms with Crippen molar-refractivity contribution in [3.63, 3.8) is 0 Å². The SMILES string of the molecule is CCOC(=O)CCN(C)C(C(N)=S)c1ccc[nH]1. The van der Waals surface area contributed by atoms with E-state index in [4.69, 9.17) is 22.7 Å². The van der Waals surface area contributed by atoms with E-state index < -0.39 is 0 Å². The number of aromatic nitrogens is 1. The number of carbonyl (C=O) groups is 1. The maximum absolute atomic E-state index is 11.3. The maximum atomic E-state index is 11.3. The van der Waals surface area contributed by atoms with Gasteiger partial charge in [0.1, 0.15) is 6.04 Å². The molecule has 0 aliphatic rings. The van der Waals surface area contributed by atoms with Crippen LogP contribution in [0.5, 0.6) is 0 Å². The van der Waals surface area contributed by atoms with Crippen LogP contribution in [0.4, 0.5) is 0 Å². The van der Waals surface area contributed by atoms with E-state index in [1.807, 2.05) is 30.3 Å². The molecule has 1 rings (SSSR count). The molecule has 0 bridgehead atoms. The van der Waals surface area contributed by atoms with Crippen molar-refractivity contribution in [1.82, 2.24) is 9.88 Å². The first-order valence-electron chi connectivity index (χ1n) is 5.84. The molecule has 0 aliphatic heterocycles. The second kappa shape index (κ2) is 7.13. The fourth-order valence-electron chi connectivity index (χ4n) is 1.75. The van der Waals surface area contributed by atoms with Gasteiger partial charge in [-0.1, -0.05) is 12.2 Å². The van der Waals surface area contributed by atoms with Gasteiger partial charge >= 0.3 is 5.97 Å². The third-order valence-electron chi connectivity index (χ3n) is 2.60. The fourth-order valence-corrected chi connectivity index (χ4v) is 2.06. The number of ether oxygens (including phenoxy) is 1. The van der Waals surface area contributed by atoms with Crippen molar-refractivity contribution in [2.24, 2.45) is 5.73 Å². The van der Waals surface area contributed by atoms with Crippen molar-refractivity contribution >= 4 is 23.2 Å². The van der Waals surface area contributed by atoms with Crippen molar-refractivity contribution in [3.05, 3.63) is 24.0 Å². The van der Waals surface area contributed by atoms with E-state index in [2.05, 4.69) is 4.98 Å². The predicted molar refractivity (Wildman–Crippen MR) is 74.2 cm³/mol. The summed E-state index contributed by atoms with van der Waals surface area (Å²) in [6.45, 7) is 2.73. The number of nitrogens with one attached hydrogen (secondary N) is 1. The zero-order chi connectivity index (χ0) is 13.5. The Hall–Kier alpha value is -1.40. The van der Waals surface area contributed by atoms with Gasteiger partial charge in [0.25, 0.3) is 0 Å². The number of thiocarbonyl (C=S) groups is 1. The summed E-state index contributed by atoms with van der Waals surface area (Å²) in [4.78, 5) is 16.7. The minimum Gasteiger partial charge on any atom is -0.466 e. The molecule has 0 aliphatic carbocycles. The van der Waals surface area contributed by atoms with Gasteiger partial charge in [-0.2, -0.15) is 0 Å². The van der Waals surface area contributed by atoms with Crippen LogP contribution in [0.3, 0.4) is 0 Å². The van der Waals surface area contributed by atoms with E-state index in [9.17, 15) is 4.79 Å². The quantitative estimate of drug-likeness (QED) is 0.575. The number of nitrogens with zero attached hydrogens (tertiary/aromatic N) is 1. The average molecular weight is 269 g/mol. The highest BCUT2D eigenvalue weighted by molar-refractivity contribution is 7.80. The van der Waals surface area contributed by atoms with Gasteiger partial charge < -0.3 is 15.5 Å². The third-order valence-corrected chi connectivity index (χ3v) is 2.82. The zero-order valence-electron chi connectivity index (χ0n) is 10.7. The molecular weight excluding hydrogens is 250 g/mol. The van der Waals surface area contributed by atoms with Crippen LogP contribution >= 0.6 is 12.2 Å². The molecule has 3 N–H and O–H groups in total. The summed E-state index contributed by atoms with van der Waals surface area (Å²) in [6, 6.07) is 3.62. The summed E-state index contributed by atoms with van der Waals surface area (Å²) < 4.78 is 4.89. The Morgan fingerprint density at radius 3 is 2.89 bits per heavy atom. The minimum atomic E-state index is -0.211. The molecule has 100 valence electrons. The van der Waals surface area contributed by atoms with E-state index in [0.717, 1.165) is 5.69 Å². The van der Waals surface area contributed by atoms with Crippen LogP contribution in [0.15, 0.2) is 18.3 Å². The molecule has 0 spiro atoms. The summed E-state index contributed by atoms with van der Waals surface area (Å²) in [5.74, 6) is -0.211. The van der Waals surface area contributed by atoms with E-state index in [1.54, 1.807) is 6.92 Å². The van der Waals surface area contributed by atoms with Crippen LogP contribution in [0.25, 0.3) is 0 Å². The molecule has 6 heteroatoms. The molecule has 18 heavy (non-hydrogen) atoms. The van der Waals surface area contributed by atoms with Crippen molar-refractivity contribution in [3.8, 4) is 0 Å². The van der Waals surface area contributed by atoms with Gasteiger partial charge in [-0.15, -0.1) is 0 Å². The highest BCUT2D eigenvalue weighted by atomic mass is 32.1. The predicted octanol–water partition coefficient (Wildman–Crippen LogP) is 1.23. The monoisotopic (exact) mass is 269 g/mol. The van der Waals surface area contributed by atoms with Gasteiger partial charge in [-0.05, 0) is 26.1 Å². The lowest BCUT2D eigenvalue weighted by Crippen LogP contribution is -2.35. The van der Waals surface area contributed by atoms with Gasteiger partial charge in [-0.25, -0.2) is 0 Å². The Morgan fingerprint density at radius 2 is 2.39 bits per heavy atom. The Kier molecular flexibility index (Phi) is 5.80. The topological polar surface area (TPSA) is 71.3 Å². The van der Waals surface area contributed by atoms with Gasteiger partial charge in [0, 0.05) is 18.4 Å². The van der Waals surface area contributed by atoms with Crippen LogP contribution in [0.1, 0.15) is 25.1 Å². The van der Waals surface area contributed by atoms with Gasteiger partial charge in [0.15, 0.2) is 0 Å². The fraction of sp³-hybridized carbons (Fsp3) is 0.500. The lowest BCUT2D eigenvalue weighted by Gasteiger charge is -2.26. The largest absolute Gasteiger partial charge is 0.466 e. The lowest BCUT2D eigenvalue weighted by atomic mass is 10.2. The van der Waals surface area contributed by atoms with Crippen LogP contribution in [0.2, 0.25) is 0 Å². The van der Waals surface area contributed by atoms with Gasteiger partial charge in [0.2, 0.25) is 0 Å². The molecule has 0 amide bonds. The molecule has 0 saturated carbocycles. The first-order valence-corrected chi connectivity index (χ1v) is 6.25. The highest BCUT2D eigenvalue weighted by Crippen LogP contribution is 2.18. The molecule has 1 atom stereocenters. The van der Waals surface area contributed by atoms with Crippen molar-refractivity contribution in [1.29, 1.82) is 0 Å². The standard InChI is InChI=1S/C12H19N3O2S/c1-3-17-10(16)6-8-15(2)11(12(13)18)9-5-4-7-14-9/h4-5,7,11,14H,3,6,8H2,1-2H3,(H2,13,18). The smallest absolute Gasteiger partial charge is 0.307 e. The zero-order valence-corrected chi connectivity index (χ0v) is 11.5. The number of carbonyl (C=O) groups excluding carboxylic acids is 1. The first kappa shape index (κ1) is 14.7. The number of rotatable bonds is 7. The lowest BCUT2D eigenvalue weighted by molar-refractivity contribution is -0.143. The van der Waals surface area contributed by atoms with Crippen molar-refractivity contribution < 1.29 is 9.53 Å². The number of hydrogen-bond acceptors (Lipinski definition) is 4. The molecule has 1 heterocycles. The second-order valence-corrected chi connectivity index (χ2v) is 4.44. The molecule has 1 unspecified atom stereocenters. The first-order chi connectivity index (χ1) is 8.56. The minimum absolute atomic E-state index is 0.190. The highest BCUT2D eigenvalue weighted by Gasteiger charge is 2.21. The molecule has 0 aromatic carbocycles. The van der Waals surface area contributed by atoms with Crippen LogP contribution in [-0.4, -0.2) is 41.0 Å². The maximum Gasteiger partial charge on any atom is 0.307 e. The molecule has 0 saturated heterocycles. The average Bonchev–Trinajstić information content (AvgIpc) is 2.80. The van der Waals surface area contributed by atoms with Crippen LogP contribution in [0, 0.1) is 0 Å². The number of aromatic amines is 1. The number of likely N-dealkylation sites (N-methyl/N-ethyl adjacent to an activating group) is 1. The van der Waals surface area contributed by atoms with Crippen molar-refractivity contribution in [2.45, 2.75) is 19.4 Å². The van der Waals surface area contributed by atoms with E-state index in [1.165, 1.54) is 0 Å². The summed E-state index contributed by atoms with van der Waals surface area (Å²) in [7, 11) is 1.88. The molecule has 0 radical (unpaired) electrons. The second-order valence-electron chi connectivity index (χ2n) is 3.97. The van der Waals surface area contributed by atoms with Gasteiger partial charge in [-0.3, -0.25) is 9.69 Å². The van der Waals surface area contributed by atoms with E-state index in [-0.39, 0.29) is 12.0 Å². The molecule has 1 aromatic heterocycles. The Labute approximate surface area is 112 Å².